The molecule has 0 radical (unpaired) electrons. The van der Waals surface area contributed by atoms with Crippen molar-refractivity contribution in [1.82, 2.24) is 0 Å². The highest BCUT2D eigenvalue weighted by Gasteiger charge is 2.14. The number of nitrogens with one attached hydrogen (secondary N) is 1. The Morgan fingerprint density at radius 2 is 2.24 bits per heavy atom. The van der Waals surface area contributed by atoms with Gasteiger partial charge in [-0.25, -0.2) is 0 Å². The first-order valence-electron chi connectivity index (χ1n) is 7.21. The van der Waals surface area contributed by atoms with Crippen LogP contribution >= 0.6 is 0 Å². The minimum absolute atomic E-state index is 0.0179. The SMILES string of the molecule is CCCC(C)C(=O)Nc1cc(C#CCCO)ccc1OC. The second-order valence-electron chi connectivity index (χ2n) is 4.87. The van der Waals surface area contributed by atoms with Crippen molar-refractivity contribution in [3.63, 3.8) is 0 Å². The van der Waals surface area contributed by atoms with Gasteiger partial charge in [0.1, 0.15) is 5.75 Å². The number of hydrogen-bond acceptors (Lipinski definition) is 3. The van der Waals surface area contributed by atoms with Gasteiger partial charge in [-0.05, 0) is 24.6 Å². The molecule has 0 saturated carbocycles. The number of rotatable bonds is 6. The molecule has 0 bridgehead atoms. The minimum atomic E-state index is -0.0381. The number of aliphatic hydroxyl groups excluding tert-OH is 1. The van der Waals surface area contributed by atoms with Crippen LogP contribution in [0.5, 0.6) is 5.75 Å². The van der Waals surface area contributed by atoms with E-state index < -0.39 is 0 Å². The molecule has 0 heterocycles. The number of carbonyl (C=O) groups excluding carboxylic acids is 1. The molecule has 0 aromatic heterocycles. The van der Waals surface area contributed by atoms with E-state index in [0.717, 1.165) is 18.4 Å². The minimum Gasteiger partial charge on any atom is -0.495 e. The van der Waals surface area contributed by atoms with Crippen molar-refractivity contribution in [1.29, 1.82) is 0 Å². The van der Waals surface area contributed by atoms with Crippen LogP contribution in [0.25, 0.3) is 0 Å². The molecule has 1 aromatic rings. The lowest BCUT2D eigenvalue weighted by atomic mass is 10.1. The second-order valence-corrected chi connectivity index (χ2v) is 4.87. The van der Waals surface area contributed by atoms with Crippen molar-refractivity contribution >= 4 is 11.6 Å². The van der Waals surface area contributed by atoms with Gasteiger partial charge in [-0.2, -0.15) is 0 Å². The predicted octanol–water partition coefficient (Wildman–Crippen LogP) is 2.80. The Labute approximate surface area is 126 Å². The molecule has 0 saturated heterocycles. The largest absolute Gasteiger partial charge is 0.495 e. The molecule has 1 rings (SSSR count). The van der Waals surface area contributed by atoms with Gasteiger partial charge in [0, 0.05) is 17.9 Å². The second kappa shape index (κ2) is 9.04. The van der Waals surface area contributed by atoms with E-state index in [-0.39, 0.29) is 18.4 Å². The zero-order chi connectivity index (χ0) is 15.7. The molecule has 1 aromatic carbocycles. The van der Waals surface area contributed by atoms with Crippen molar-refractivity contribution in [3.8, 4) is 17.6 Å². The summed E-state index contributed by atoms with van der Waals surface area (Å²) >= 11 is 0. The van der Waals surface area contributed by atoms with Gasteiger partial charge >= 0.3 is 0 Å². The molecule has 114 valence electrons. The van der Waals surface area contributed by atoms with Crippen molar-refractivity contribution in [3.05, 3.63) is 23.8 Å². The molecule has 1 unspecified atom stereocenters. The van der Waals surface area contributed by atoms with Crippen LogP contribution in [0.15, 0.2) is 18.2 Å². The van der Waals surface area contributed by atoms with E-state index >= 15 is 0 Å². The molecule has 0 aliphatic heterocycles. The van der Waals surface area contributed by atoms with Gasteiger partial charge in [0.2, 0.25) is 5.91 Å². The van der Waals surface area contributed by atoms with Gasteiger partial charge in [0.05, 0.1) is 19.4 Å². The summed E-state index contributed by atoms with van der Waals surface area (Å²) in [5.74, 6) is 6.36. The fourth-order valence-corrected chi connectivity index (χ4v) is 1.92. The third-order valence-corrected chi connectivity index (χ3v) is 3.10. The normalized spacial score (nSPS) is 11.2. The third kappa shape index (κ3) is 5.49. The fourth-order valence-electron chi connectivity index (χ4n) is 1.92. The monoisotopic (exact) mass is 289 g/mol. The maximum absolute atomic E-state index is 12.1. The van der Waals surface area contributed by atoms with E-state index in [9.17, 15) is 4.79 Å². The number of carbonyl (C=O) groups is 1. The highest BCUT2D eigenvalue weighted by molar-refractivity contribution is 5.94. The Balaban J connectivity index is 2.91. The molecule has 4 nitrogen and oxygen atoms in total. The zero-order valence-corrected chi connectivity index (χ0v) is 12.9. The Bertz CT molecular complexity index is 529. The lowest BCUT2D eigenvalue weighted by Gasteiger charge is -2.14. The molecule has 0 spiro atoms. The first-order chi connectivity index (χ1) is 10.1. The van der Waals surface area contributed by atoms with E-state index in [0.29, 0.717) is 17.9 Å². The van der Waals surface area contributed by atoms with E-state index in [4.69, 9.17) is 9.84 Å². The maximum Gasteiger partial charge on any atom is 0.227 e. The molecule has 0 aliphatic carbocycles. The lowest BCUT2D eigenvalue weighted by molar-refractivity contribution is -0.119. The first-order valence-corrected chi connectivity index (χ1v) is 7.21. The van der Waals surface area contributed by atoms with E-state index in [2.05, 4.69) is 24.1 Å². The predicted molar refractivity (Wildman–Crippen MR) is 84.3 cm³/mol. The van der Waals surface area contributed by atoms with Gasteiger partial charge in [-0.15, -0.1) is 0 Å². The smallest absolute Gasteiger partial charge is 0.227 e. The number of anilines is 1. The first kappa shape index (κ1) is 17.1. The van der Waals surface area contributed by atoms with Crippen LogP contribution in [0, 0.1) is 17.8 Å². The number of ether oxygens (including phenoxy) is 1. The molecular formula is C17H23NO3. The van der Waals surface area contributed by atoms with Gasteiger partial charge in [0.15, 0.2) is 0 Å². The summed E-state index contributed by atoms with van der Waals surface area (Å²) in [7, 11) is 1.57. The molecule has 4 heteroatoms. The van der Waals surface area contributed by atoms with E-state index in [1.165, 1.54) is 0 Å². The summed E-state index contributed by atoms with van der Waals surface area (Å²) in [4.78, 5) is 12.1. The Kier molecular flexibility index (Phi) is 7.34. The molecule has 0 aliphatic rings. The standard InChI is InChI=1S/C17H23NO3/c1-4-7-13(2)17(20)18-15-12-14(8-5-6-11-19)9-10-16(15)21-3/h9-10,12-13,19H,4,6-7,11H2,1-3H3,(H,18,20). The van der Waals surface area contributed by atoms with Crippen LogP contribution in [0.2, 0.25) is 0 Å². The van der Waals surface area contributed by atoms with Crippen molar-refractivity contribution < 1.29 is 14.6 Å². The number of aliphatic hydroxyl groups is 1. The van der Waals surface area contributed by atoms with Gasteiger partial charge in [-0.3, -0.25) is 4.79 Å². The molecule has 1 amide bonds. The van der Waals surface area contributed by atoms with Gasteiger partial charge < -0.3 is 15.2 Å². The Hall–Kier alpha value is -1.99. The Morgan fingerprint density at radius 3 is 2.86 bits per heavy atom. The van der Waals surface area contributed by atoms with Crippen LogP contribution in [0.4, 0.5) is 5.69 Å². The van der Waals surface area contributed by atoms with E-state index in [1.807, 2.05) is 13.0 Å². The third-order valence-electron chi connectivity index (χ3n) is 3.10. The Morgan fingerprint density at radius 1 is 1.48 bits per heavy atom. The highest BCUT2D eigenvalue weighted by atomic mass is 16.5. The maximum atomic E-state index is 12.1. The van der Waals surface area contributed by atoms with Crippen molar-refractivity contribution in [2.75, 3.05) is 19.0 Å². The molecular weight excluding hydrogens is 266 g/mol. The molecule has 21 heavy (non-hydrogen) atoms. The molecule has 1 atom stereocenters. The summed E-state index contributed by atoms with van der Waals surface area (Å²) in [5.41, 5.74) is 1.41. The van der Waals surface area contributed by atoms with Gasteiger partial charge in [0.25, 0.3) is 0 Å². The fraction of sp³-hybridized carbons (Fsp3) is 0.471. The highest BCUT2D eigenvalue weighted by Crippen LogP contribution is 2.26. The van der Waals surface area contributed by atoms with Crippen molar-refractivity contribution in [2.24, 2.45) is 5.92 Å². The summed E-state index contributed by atoms with van der Waals surface area (Å²) in [6.45, 7) is 4.01. The average Bonchev–Trinajstić information content (AvgIpc) is 2.48. The number of amides is 1. The number of methoxy groups -OCH3 is 1. The number of benzene rings is 1. The summed E-state index contributed by atoms with van der Waals surface area (Å²) in [6, 6.07) is 5.40. The van der Waals surface area contributed by atoms with Crippen LogP contribution in [-0.2, 0) is 4.79 Å². The summed E-state index contributed by atoms with van der Waals surface area (Å²) in [5, 5.41) is 11.6. The van der Waals surface area contributed by atoms with Crippen LogP contribution in [0.3, 0.4) is 0 Å². The van der Waals surface area contributed by atoms with Crippen LogP contribution < -0.4 is 10.1 Å². The summed E-state index contributed by atoms with van der Waals surface area (Å²) in [6.07, 6.45) is 2.25. The topological polar surface area (TPSA) is 58.6 Å². The molecule has 2 N–H and O–H groups in total. The van der Waals surface area contributed by atoms with E-state index in [1.54, 1.807) is 19.2 Å². The quantitative estimate of drug-likeness (QED) is 0.792. The average molecular weight is 289 g/mol. The van der Waals surface area contributed by atoms with Crippen LogP contribution in [0.1, 0.15) is 38.7 Å². The summed E-state index contributed by atoms with van der Waals surface area (Å²) < 4.78 is 5.26. The molecule has 0 fully saturated rings. The van der Waals surface area contributed by atoms with Crippen LogP contribution in [-0.4, -0.2) is 24.7 Å². The lowest BCUT2D eigenvalue weighted by Crippen LogP contribution is -2.20. The number of hydrogen-bond donors (Lipinski definition) is 2. The van der Waals surface area contributed by atoms with Gasteiger partial charge in [-0.1, -0.05) is 32.1 Å². The van der Waals surface area contributed by atoms with Crippen molar-refractivity contribution in [2.45, 2.75) is 33.1 Å². The zero-order valence-electron chi connectivity index (χ0n) is 12.9.